The summed E-state index contributed by atoms with van der Waals surface area (Å²) < 4.78 is 40.1. The summed E-state index contributed by atoms with van der Waals surface area (Å²) in [4.78, 5) is 12.5. The van der Waals surface area contributed by atoms with Crippen molar-refractivity contribution in [3.63, 3.8) is 0 Å². The average Bonchev–Trinajstić information content (AvgIpc) is 3.17. The topological polar surface area (TPSA) is 308 Å². The first-order valence-electron chi connectivity index (χ1n) is 19.8. The smallest absolute Gasteiger partial charge is 0.330 e. The van der Waals surface area contributed by atoms with E-state index in [1.807, 2.05) is 0 Å². The van der Waals surface area contributed by atoms with Crippen LogP contribution >= 0.6 is 0 Å². The Morgan fingerprint density at radius 1 is 0.696 bits per heavy atom. The minimum Gasteiger partial charge on any atom is -0.460 e. The minimum absolute atomic E-state index is 0.145. The van der Waals surface area contributed by atoms with Crippen molar-refractivity contribution in [2.45, 2.75) is 174 Å². The molecular weight excluding hydrogens is 748 g/mol. The Morgan fingerprint density at radius 3 is 2.12 bits per heavy atom. The minimum atomic E-state index is -1.91. The predicted octanol–water partition coefficient (Wildman–Crippen LogP) is -4.40. The highest BCUT2D eigenvalue weighted by molar-refractivity contribution is 5.81. The fraction of sp³-hybridized carbons (Fsp3) is 0.919. The van der Waals surface area contributed by atoms with Gasteiger partial charge in [0.1, 0.15) is 61.5 Å². The van der Waals surface area contributed by atoms with E-state index in [9.17, 15) is 61.0 Å². The van der Waals surface area contributed by atoms with E-state index in [1.165, 1.54) is 7.11 Å². The van der Waals surface area contributed by atoms with Gasteiger partial charge in [0.2, 0.25) is 0 Å². The first kappa shape index (κ1) is 44.1. The number of aliphatic hydroxyl groups is 13. The number of carbonyl (C=O) groups excluding carboxylic acids is 1. The SMILES string of the molecule is COC1CC(C2[OH+]C3CC(O)CC(O)C3CC2O[C@@H]2O[C@H](CO)[C@@H](O)[C@H](O)[C@H]2O[C@@H]2O[C@H](COC(=O)C=CC3CCC(O)C(O)C3)[C@@H](O)[C@H](O)[C@H]2O)CCC1O. The normalized spacial score (nSPS) is 50.4. The fourth-order valence-electron chi connectivity index (χ4n) is 9.31. The summed E-state index contributed by atoms with van der Waals surface area (Å²) in [7, 11) is 1.51. The first-order chi connectivity index (χ1) is 26.7. The molecule has 3 saturated carbocycles. The maximum absolute atomic E-state index is 12.5. The maximum Gasteiger partial charge on any atom is 0.330 e. The molecule has 0 bridgehead atoms. The third-order valence-corrected chi connectivity index (χ3v) is 12.7. The van der Waals surface area contributed by atoms with Crippen molar-refractivity contribution in [1.29, 1.82) is 0 Å². The lowest BCUT2D eigenvalue weighted by Gasteiger charge is -2.49. The van der Waals surface area contributed by atoms with Crippen LogP contribution in [0.4, 0.5) is 0 Å². The van der Waals surface area contributed by atoms with Gasteiger partial charge < -0.3 is 89.3 Å². The Bertz CT molecular complexity index is 1290. The van der Waals surface area contributed by atoms with Gasteiger partial charge >= 0.3 is 5.97 Å². The average molecular weight is 810 g/mol. The molecule has 56 heavy (non-hydrogen) atoms. The number of fused-ring (bicyclic) bond motifs is 1. The van der Waals surface area contributed by atoms with Crippen molar-refractivity contribution in [3.8, 4) is 0 Å². The molecule has 0 amide bonds. The van der Waals surface area contributed by atoms with Gasteiger partial charge in [0, 0.05) is 31.9 Å². The van der Waals surface area contributed by atoms with Crippen LogP contribution in [0.5, 0.6) is 0 Å². The van der Waals surface area contributed by atoms with E-state index >= 15 is 0 Å². The molecule has 6 aliphatic rings. The summed E-state index contributed by atoms with van der Waals surface area (Å²) in [5.41, 5.74) is 0. The zero-order chi connectivity index (χ0) is 40.4. The third kappa shape index (κ3) is 9.93. The van der Waals surface area contributed by atoms with E-state index < -0.39 is 141 Å². The van der Waals surface area contributed by atoms with Crippen molar-refractivity contribution in [3.05, 3.63) is 12.2 Å². The van der Waals surface area contributed by atoms with E-state index in [2.05, 4.69) is 0 Å². The molecule has 3 saturated heterocycles. The van der Waals surface area contributed by atoms with Gasteiger partial charge in [-0.1, -0.05) is 6.08 Å². The standard InChI is InChI=1S/C37H60O19/c1-50-24-9-16(4-6-20(24)41)34-25(12-18-21(42)10-17(39)11-23(18)52-34)53-37-35(32(48)29(45)26(13-38)54-37)56-36-33(49)31(47)30(46)27(55-36)14-51-28(44)7-3-15-2-5-19(40)22(43)8-15/h3,7,15-27,29-43,45-49H,2,4-6,8-14H2,1H3/p+1/t15?,16?,17?,18?,19?,20?,21?,22?,23?,24?,25?,26-,27-,29-,30-,31+,32+,33-,34?,35-,36+,37-/m1/s1. The van der Waals surface area contributed by atoms with Crippen molar-refractivity contribution < 1.29 is 94.1 Å². The Balaban J connectivity index is 1.17. The number of hydrogen-bond acceptors (Lipinski definition) is 18. The Morgan fingerprint density at radius 2 is 1.41 bits per heavy atom. The molecular formula is C37H61O19+. The van der Waals surface area contributed by atoms with Crippen LogP contribution in [0.1, 0.15) is 57.8 Å². The molecule has 0 spiro atoms. The summed E-state index contributed by atoms with van der Waals surface area (Å²) in [5.74, 6) is -1.57. The van der Waals surface area contributed by atoms with Crippen LogP contribution in [-0.2, 0) is 33.2 Å². The Labute approximate surface area is 324 Å². The quantitative estimate of drug-likeness (QED) is 0.0533. The van der Waals surface area contributed by atoms with Crippen LogP contribution in [0.15, 0.2) is 12.2 Å². The fourth-order valence-corrected chi connectivity index (χ4v) is 9.31. The van der Waals surface area contributed by atoms with E-state index in [1.54, 1.807) is 6.08 Å². The number of ether oxygens (including phenoxy) is 7. The van der Waals surface area contributed by atoms with Crippen LogP contribution < -0.4 is 0 Å². The van der Waals surface area contributed by atoms with Crippen LogP contribution in [0.3, 0.4) is 0 Å². The Hall–Kier alpha value is -1.47. The molecule has 0 aromatic heterocycles. The van der Waals surface area contributed by atoms with Crippen LogP contribution in [0, 0.1) is 17.8 Å². The van der Waals surface area contributed by atoms with E-state index in [4.69, 9.17) is 33.2 Å². The monoisotopic (exact) mass is 809 g/mol. The lowest BCUT2D eigenvalue weighted by molar-refractivity contribution is -0.387. The number of rotatable bonds is 11. The van der Waals surface area contributed by atoms with Gasteiger partial charge in [-0.2, -0.15) is 0 Å². The van der Waals surface area contributed by atoms with Gasteiger partial charge in [-0.15, -0.1) is 0 Å². The van der Waals surface area contributed by atoms with Gasteiger partial charge in [-0.05, 0) is 50.9 Å². The molecule has 19 nitrogen and oxygen atoms in total. The number of aliphatic hydroxyl groups excluding tert-OH is 11. The summed E-state index contributed by atoms with van der Waals surface area (Å²) in [6.45, 7) is -1.32. The van der Waals surface area contributed by atoms with Crippen molar-refractivity contribution in [2.75, 3.05) is 20.3 Å². The zero-order valence-corrected chi connectivity index (χ0v) is 31.4. The molecule has 0 radical (unpaired) electrons. The van der Waals surface area contributed by atoms with Gasteiger partial charge in [-0.25, -0.2) is 4.79 Å². The van der Waals surface area contributed by atoms with Crippen molar-refractivity contribution in [1.82, 2.24) is 0 Å². The van der Waals surface area contributed by atoms with Crippen LogP contribution in [0.2, 0.25) is 0 Å². The molecule has 6 fully saturated rings. The molecule has 12 N–H and O–H groups in total. The number of allylic oxidation sites excluding steroid dienone is 1. The lowest BCUT2D eigenvalue weighted by Crippen LogP contribution is -2.66. The molecule has 322 valence electrons. The molecule has 0 aromatic rings. The van der Waals surface area contributed by atoms with Gasteiger partial charge in [-0.3, -0.25) is 0 Å². The van der Waals surface area contributed by atoms with Crippen molar-refractivity contribution in [2.24, 2.45) is 17.8 Å². The Kier molecular flexibility index (Phi) is 15.2. The second-order valence-corrected chi connectivity index (χ2v) is 16.4. The molecule has 3 aliphatic carbocycles. The van der Waals surface area contributed by atoms with Gasteiger partial charge in [0.05, 0.1) is 49.1 Å². The molecule has 3 heterocycles. The van der Waals surface area contributed by atoms with Crippen molar-refractivity contribution >= 4 is 5.97 Å². The number of esters is 1. The van der Waals surface area contributed by atoms with Crippen LogP contribution in [-0.4, -0.2) is 204 Å². The molecule has 3 aliphatic heterocycles. The number of methoxy groups -OCH3 is 1. The first-order valence-corrected chi connectivity index (χ1v) is 19.8. The second kappa shape index (κ2) is 19.3. The molecule has 19 heteroatoms. The molecule has 0 aromatic carbocycles. The maximum atomic E-state index is 12.5. The largest absolute Gasteiger partial charge is 0.460 e. The summed E-state index contributed by atoms with van der Waals surface area (Å²) in [6, 6.07) is 0. The predicted molar refractivity (Wildman–Crippen MR) is 187 cm³/mol. The van der Waals surface area contributed by atoms with Crippen LogP contribution in [0.25, 0.3) is 0 Å². The van der Waals surface area contributed by atoms with Gasteiger partial charge in [0.15, 0.2) is 24.8 Å². The van der Waals surface area contributed by atoms with E-state index in [0.29, 0.717) is 38.5 Å². The van der Waals surface area contributed by atoms with Gasteiger partial charge in [0.25, 0.3) is 0 Å². The molecule has 12 unspecified atom stereocenters. The van der Waals surface area contributed by atoms with E-state index in [-0.39, 0.29) is 31.1 Å². The summed E-state index contributed by atoms with van der Waals surface area (Å²) >= 11 is 0. The highest BCUT2D eigenvalue weighted by atomic mass is 16.8. The second-order valence-electron chi connectivity index (χ2n) is 16.4. The summed E-state index contributed by atoms with van der Waals surface area (Å²) in [5, 5.41) is 116. The molecule has 22 atom stereocenters. The van der Waals surface area contributed by atoms with E-state index in [0.717, 1.165) is 6.08 Å². The zero-order valence-electron chi connectivity index (χ0n) is 31.4. The molecule has 6 rings (SSSR count). The number of carbonyl (C=O) groups is 1. The highest BCUT2D eigenvalue weighted by Gasteiger charge is 2.56. The third-order valence-electron chi connectivity index (χ3n) is 12.7. The highest BCUT2D eigenvalue weighted by Crippen LogP contribution is 2.43. The number of hydrogen-bond donors (Lipinski definition) is 11. The summed E-state index contributed by atoms with van der Waals surface area (Å²) in [6.07, 6.45) is -17.1. The lowest BCUT2D eigenvalue weighted by atomic mass is 9.72.